The average Bonchev–Trinajstić information content (AvgIpc) is 2.87. The first-order valence-electron chi connectivity index (χ1n) is 7.27. The molecule has 2 rings (SSSR count). The van der Waals surface area contributed by atoms with Gasteiger partial charge in [-0.1, -0.05) is 6.42 Å². The molecule has 1 amide bonds. The summed E-state index contributed by atoms with van der Waals surface area (Å²) in [5.41, 5.74) is 0. The number of aliphatic carboxylic acids is 1. The Morgan fingerprint density at radius 3 is 2.42 bits per heavy atom. The summed E-state index contributed by atoms with van der Waals surface area (Å²) in [5.74, 6) is -1.12. The Morgan fingerprint density at radius 1 is 1.16 bits per heavy atom. The van der Waals surface area contributed by atoms with Crippen LogP contribution < -0.4 is 5.32 Å². The Hall–Kier alpha value is -1.10. The maximum absolute atomic E-state index is 12.1. The van der Waals surface area contributed by atoms with Gasteiger partial charge in [-0.3, -0.25) is 9.59 Å². The van der Waals surface area contributed by atoms with Crippen LogP contribution in [0.15, 0.2) is 0 Å². The van der Waals surface area contributed by atoms with Gasteiger partial charge in [-0.05, 0) is 51.7 Å². The van der Waals surface area contributed by atoms with Gasteiger partial charge in [0.2, 0.25) is 5.91 Å². The third kappa shape index (κ3) is 3.69. The monoisotopic (exact) mass is 268 g/mol. The molecule has 1 aliphatic carbocycles. The number of carboxylic acid groups (broad SMARTS) is 1. The summed E-state index contributed by atoms with van der Waals surface area (Å²) in [4.78, 5) is 25.5. The number of rotatable bonds is 4. The average molecular weight is 268 g/mol. The molecule has 19 heavy (non-hydrogen) atoms. The molecule has 1 heterocycles. The van der Waals surface area contributed by atoms with Crippen LogP contribution >= 0.6 is 0 Å². The lowest BCUT2D eigenvalue weighted by molar-refractivity contribution is -0.146. The quantitative estimate of drug-likeness (QED) is 0.796. The van der Waals surface area contributed by atoms with Crippen molar-refractivity contribution < 1.29 is 14.7 Å². The number of hydrogen-bond acceptors (Lipinski definition) is 3. The summed E-state index contributed by atoms with van der Waals surface area (Å²) < 4.78 is 0. The third-order valence-corrected chi connectivity index (χ3v) is 4.57. The van der Waals surface area contributed by atoms with Crippen LogP contribution in [0.1, 0.15) is 32.1 Å². The predicted octanol–water partition coefficient (Wildman–Crippen LogP) is 0.945. The Morgan fingerprint density at radius 2 is 1.79 bits per heavy atom. The highest BCUT2D eigenvalue weighted by molar-refractivity contribution is 5.85. The van der Waals surface area contributed by atoms with Crippen molar-refractivity contribution in [1.29, 1.82) is 0 Å². The fraction of sp³-hybridized carbons (Fsp3) is 0.857. The van der Waals surface area contributed by atoms with Gasteiger partial charge < -0.3 is 15.3 Å². The van der Waals surface area contributed by atoms with Gasteiger partial charge in [0, 0.05) is 6.54 Å². The van der Waals surface area contributed by atoms with Gasteiger partial charge in [-0.25, -0.2) is 0 Å². The van der Waals surface area contributed by atoms with Crippen LogP contribution in [0, 0.1) is 17.8 Å². The molecule has 2 atom stereocenters. The van der Waals surface area contributed by atoms with E-state index in [1.54, 1.807) is 0 Å². The molecule has 1 saturated heterocycles. The smallest absolute Gasteiger partial charge is 0.307 e. The maximum Gasteiger partial charge on any atom is 0.307 e. The zero-order valence-electron chi connectivity index (χ0n) is 11.6. The first kappa shape index (κ1) is 14.3. The van der Waals surface area contributed by atoms with Crippen LogP contribution in [0.2, 0.25) is 0 Å². The summed E-state index contributed by atoms with van der Waals surface area (Å²) in [7, 11) is 2.12. The zero-order chi connectivity index (χ0) is 13.8. The van der Waals surface area contributed by atoms with E-state index in [-0.39, 0.29) is 11.8 Å². The van der Waals surface area contributed by atoms with Crippen LogP contribution in [0.4, 0.5) is 0 Å². The first-order valence-corrected chi connectivity index (χ1v) is 7.27. The van der Waals surface area contributed by atoms with Crippen molar-refractivity contribution in [2.24, 2.45) is 17.8 Å². The summed E-state index contributed by atoms with van der Waals surface area (Å²) >= 11 is 0. The highest BCUT2D eigenvalue weighted by Crippen LogP contribution is 2.32. The number of likely N-dealkylation sites (tertiary alicyclic amines) is 1. The van der Waals surface area contributed by atoms with Crippen LogP contribution in [-0.2, 0) is 9.59 Å². The largest absolute Gasteiger partial charge is 0.481 e. The lowest BCUT2D eigenvalue weighted by Crippen LogP contribution is -2.40. The van der Waals surface area contributed by atoms with Crippen LogP contribution in [-0.4, -0.2) is 48.6 Å². The minimum Gasteiger partial charge on any atom is -0.481 e. The van der Waals surface area contributed by atoms with Crippen molar-refractivity contribution in [2.75, 3.05) is 26.7 Å². The fourth-order valence-corrected chi connectivity index (χ4v) is 3.21. The molecule has 0 bridgehead atoms. The summed E-state index contributed by atoms with van der Waals surface area (Å²) in [5, 5.41) is 12.1. The van der Waals surface area contributed by atoms with E-state index in [2.05, 4.69) is 17.3 Å². The number of carbonyl (C=O) groups excluding carboxylic acids is 1. The van der Waals surface area contributed by atoms with Gasteiger partial charge >= 0.3 is 5.97 Å². The number of piperidine rings is 1. The number of carbonyl (C=O) groups is 2. The molecule has 2 fully saturated rings. The highest BCUT2D eigenvalue weighted by Gasteiger charge is 2.37. The Kier molecular flexibility index (Phi) is 4.80. The van der Waals surface area contributed by atoms with E-state index >= 15 is 0 Å². The number of nitrogens with one attached hydrogen (secondary N) is 1. The van der Waals surface area contributed by atoms with E-state index in [4.69, 9.17) is 5.11 Å². The van der Waals surface area contributed by atoms with E-state index < -0.39 is 11.9 Å². The van der Waals surface area contributed by atoms with E-state index in [0.717, 1.165) is 38.8 Å². The molecular formula is C14H24N2O3. The number of amides is 1. The SMILES string of the molecule is CN1CCC(CNC(=O)C2CCCC2C(=O)O)CC1. The maximum atomic E-state index is 12.1. The third-order valence-electron chi connectivity index (χ3n) is 4.57. The van der Waals surface area contributed by atoms with Gasteiger partial charge in [0.1, 0.15) is 0 Å². The molecule has 2 N–H and O–H groups in total. The highest BCUT2D eigenvalue weighted by atomic mass is 16.4. The number of nitrogens with zero attached hydrogens (tertiary/aromatic N) is 1. The Labute approximate surface area is 114 Å². The van der Waals surface area contributed by atoms with E-state index in [0.29, 0.717) is 18.9 Å². The molecule has 0 aromatic heterocycles. The Bertz CT molecular complexity index is 338. The lowest BCUT2D eigenvalue weighted by Gasteiger charge is -2.29. The van der Waals surface area contributed by atoms with Crippen molar-refractivity contribution in [1.82, 2.24) is 10.2 Å². The van der Waals surface area contributed by atoms with Gasteiger partial charge in [-0.2, -0.15) is 0 Å². The normalized spacial score (nSPS) is 29.3. The summed E-state index contributed by atoms with van der Waals surface area (Å²) in [6.07, 6.45) is 4.44. The molecule has 1 aliphatic heterocycles. The second kappa shape index (κ2) is 6.37. The molecule has 2 unspecified atom stereocenters. The molecule has 2 aliphatic rings. The molecule has 0 aromatic rings. The summed E-state index contributed by atoms with van der Waals surface area (Å²) in [6, 6.07) is 0. The van der Waals surface area contributed by atoms with Crippen molar-refractivity contribution >= 4 is 11.9 Å². The number of carboxylic acids is 1. The van der Waals surface area contributed by atoms with Gasteiger partial charge in [0.25, 0.3) is 0 Å². The molecule has 1 saturated carbocycles. The molecule has 108 valence electrons. The van der Waals surface area contributed by atoms with Crippen molar-refractivity contribution in [3.63, 3.8) is 0 Å². The molecule has 0 aromatic carbocycles. The van der Waals surface area contributed by atoms with Crippen molar-refractivity contribution in [3.05, 3.63) is 0 Å². The minimum atomic E-state index is -0.822. The second-order valence-corrected chi connectivity index (χ2v) is 5.97. The lowest BCUT2D eigenvalue weighted by atomic mass is 9.94. The number of hydrogen-bond donors (Lipinski definition) is 2. The molecule has 5 nitrogen and oxygen atoms in total. The predicted molar refractivity (Wildman–Crippen MR) is 71.7 cm³/mol. The van der Waals surface area contributed by atoms with E-state index in [1.165, 1.54) is 0 Å². The van der Waals surface area contributed by atoms with Gasteiger partial charge in [0.05, 0.1) is 11.8 Å². The van der Waals surface area contributed by atoms with Crippen molar-refractivity contribution in [3.8, 4) is 0 Å². The first-order chi connectivity index (χ1) is 9.08. The summed E-state index contributed by atoms with van der Waals surface area (Å²) in [6.45, 7) is 2.87. The molecule has 5 heteroatoms. The van der Waals surface area contributed by atoms with Gasteiger partial charge in [-0.15, -0.1) is 0 Å². The van der Waals surface area contributed by atoms with Gasteiger partial charge in [0.15, 0.2) is 0 Å². The molecule has 0 radical (unpaired) electrons. The molecular weight excluding hydrogens is 244 g/mol. The Balaban J connectivity index is 1.76. The minimum absolute atomic E-state index is 0.0520. The zero-order valence-corrected chi connectivity index (χ0v) is 11.6. The van der Waals surface area contributed by atoms with Crippen LogP contribution in [0.25, 0.3) is 0 Å². The van der Waals surface area contributed by atoms with E-state index in [9.17, 15) is 9.59 Å². The van der Waals surface area contributed by atoms with Crippen LogP contribution in [0.5, 0.6) is 0 Å². The molecule has 0 spiro atoms. The van der Waals surface area contributed by atoms with Crippen LogP contribution in [0.3, 0.4) is 0 Å². The van der Waals surface area contributed by atoms with E-state index in [1.807, 2.05) is 0 Å². The fourth-order valence-electron chi connectivity index (χ4n) is 3.21. The topological polar surface area (TPSA) is 69.6 Å². The van der Waals surface area contributed by atoms with Crippen molar-refractivity contribution in [2.45, 2.75) is 32.1 Å². The second-order valence-electron chi connectivity index (χ2n) is 5.97. The standard InChI is InChI=1S/C14H24N2O3/c1-16-7-5-10(6-8-16)9-15-13(17)11-3-2-4-12(11)14(18)19/h10-12H,2-9H2,1H3,(H,15,17)(H,18,19).